The number of rotatable bonds is 9. The predicted molar refractivity (Wildman–Crippen MR) is 139 cm³/mol. The van der Waals surface area contributed by atoms with Crippen LogP contribution in [0.25, 0.3) is 16.9 Å². The first-order valence-corrected chi connectivity index (χ1v) is 12.0. The fourth-order valence-corrected chi connectivity index (χ4v) is 3.95. The number of alkyl halides is 3. The lowest BCUT2D eigenvalue weighted by Gasteiger charge is -2.18. The second kappa shape index (κ2) is 11.5. The fourth-order valence-electron chi connectivity index (χ4n) is 3.95. The molecule has 0 atom stereocenters. The maximum Gasteiger partial charge on any atom is 0.416 e. The van der Waals surface area contributed by atoms with E-state index in [0.29, 0.717) is 29.2 Å². The Kier molecular flexibility index (Phi) is 8.15. The van der Waals surface area contributed by atoms with Gasteiger partial charge in [-0.25, -0.2) is 4.68 Å². The van der Waals surface area contributed by atoms with Crippen molar-refractivity contribution in [3.63, 3.8) is 0 Å². The molecule has 2 aromatic heterocycles. The number of anilines is 1. The van der Waals surface area contributed by atoms with Crippen molar-refractivity contribution in [2.75, 3.05) is 26.1 Å². The van der Waals surface area contributed by atoms with Crippen LogP contribution in [-0.2, 0) is 12.7 Å². The number of pyridine rings is 1. The van der Waals surface area contributed by atoms with Gasteiger partial charge in [0.05, 0.1) is 43.6 Å². The Bertz CT molecular complexity index is 1490. The smallest absolute Gasteiger partial charge is 0.416 e. The quantitative estimate of drug-likeness (QED) is 0.307. The first-order chi connectivity index (χ1) is 18.6. The molecule has 12 heteroatoms. The number of ether oxygens (including phenoxy) is 2. The number of halogens is 3. The summed E-state index contributed by atoms with van der Waals surface area (Å²) in [5, 5.41) is 14.0. The molecular weight excluding hydrogens is 513 g/mol. The average Bonchev–Trinajstić information content (AvgIpc) is 3.41. The van der Waals surface area contributed by atoms with Gasteiger partial charge in [-0.1, -0.05) is 18.2 Å². The van der Waals surface area contributed by atoms with Crippen LogP contribution in [0, 0.1) is 6.92 Å². The van der Waals surface area contributed by atoms with Gasteiger partial charge >= 0.3 is 6.18 Å². The van der Waals surface area contributed by atoms with Gasteiger partial charge < -0.3 is 20.1 Å². The molecular formula is C27H27F3N6O3. The highest BCUT2D eigenvalue weighted by molar-refractivity contribution is 6.05. The van der Waals surface area contributed by atoms with E-state index in [2.05, 4.69) is 25.9 Å². The van der Waals surface area contributed by atoms with Crippen LogP contribution >= 0.6 is 0 Å². The van der Waals surface area contributed by atoms with Crippen LogP contribution in [0.3, 0.4) is 0 Å². The predicted octanol–water partition coefficient (Wildman–Crippen LogP) is 5.04. The van der Waals surface area contributed by atoms with Crippen LogP contribution in [0.4, 0.5) is 18.9 Å². The average molecular weight is 541 g/mol. The molecule has 0 unspecified atom stereocenters. The lowest BCUT2D eigenvalue weighted by atomic mass is 10.1. The molecule has 0 bridgehead atoms. The zero-order valence-corrected chi connectivity index (χ0v) is 21.8. The molecule has 0 fully saturated rings. The van der Waals surface area contributed by atoms with E-state index in [1.54, 1.807) is 42.9 Å². The van der Waals surface area contributed by atoms with Crippen molar-refractivity contribution in [2.24, 2.45) is 0 Å². The van der Waals surface area contributed by atoms with E-state index in [-0.39, 0.29) is 29.1 Å². The standard InChI is InChI=1S/C27H27F3N6O3/c1-5-31-13-19-8-20(27(28,29)30)11-22(25(19)39-4)33-26(37)17-7-6-16(2)24(10-17)36-15-23(34-35-36)18-9-21(38-3)14-32-12-18/h6-12,14-15,31H,5,13H2,1-4H3,(H,33,37). The zero-order chi connectivity index (χ0) is 28.2. The molecule has 2 heterocycles. The van der Waals surface area contributed by atoms with E-state index in [9.17, 15) is 18.0 Å². The van der Waals surface area contributed by atoms with Crippen molar-refractivity contribution in [1.82, 2.24) is 25.3 Å². The molecule has 4 rings (SSSR count). The molecule has 1 amide bonds. The largest absolute Gasteiger partial charge is 0.495 e. The van der Waals surface area contributed by atoms with Crippen LogP contribution in [0.1, 0.15) is 34.0 Å². The highest BCUT2D eigenvalue weighted by Gasteiger charge is 2.33. The highest BCUT2D eigenvalue weighted by atomic mass is 19.4. The number of benzene rings is 2. The summed E-state index contributed by atoms with van der Waals surface area (Å²) in [6.07, 6.45) is 0.277. The highest BCUT2D eigenvalue weighted by Crippen LogP contribution is 2.38. The SMILES string of the molecule is CCNCc1cc(C(F)(F)F)cc(NC(=O)c2ccc(C)c(-n3cc(-c4cncc(OC)c4)nn3)c2)c1OC. The molecule has 0 aliphatic rings. The van der Waals surface area contributed by atoms with E-state index < -0.39 is 17.6 Å². The fraction of sp³-hybridized carbons (Fsp3) is 0.259. The summed E-state index contributed by atoms with van der Waals surface area (Å²) >= 11 is 0. The number of methoxy groups -OCH3 is 2. The van der Waals surface area contributed by atoms with Gasteiger partial charge in [-0.3, -0.25) is 9.78 Å². The normalized spacial score (nSPS) is 11.4. The van der Waals surface area contributed by atoms with E-state index in [1.165, 1.54) is 18.9 Å². The lowest BCUT2D eigenvalue weighted by molar-refractivity contribution is -0.137. The van der Waals surface area contributed by atoms with E-state index >= 15 is 0 Å². The first kappa shape index (κ1) is 27.6. The summed E-state index contributed by atoms with van der Waals surface area (Å²) in [4.78, 5) is 17.4. The second-order valence-corrected chi connectivity index (χ2v) is 8.61. The van der Waals surface area contributed by atoms with Gasteiger partial charge in [0.1, 0.15) is 17.2 Å². The maximum absolute atomic E-state index is 13.6. The van der Waals surface area contributed by atoms with Gasteiger partial charge in [-0.15, -0.1) is 5.10 Å². The number of nitrogens with zero attached hydrogens (tertiary/aromatic N) is 4. The molecule has 0 radical (unpaired) electrons. The molecule has 2 aromatic carbocycles. The second-order valence-electron chi connectivity index (χ2n) is 8.61. The number of carbonyl (C=O) groups excluding carboxylic acids is 1. The number of amides is 1. The first-order valence-electron chi connectivity index (χ1n) is 12.0. The van der Waals surface area contributed by atoms with Crippen molar-refractivity contribution in [2.45, 2.75) is 26.6 Å². The Morgan fingerprint density at radius 3 is 2.56 bits per heavy atom. The van der Waals surface area contributed by atoms with Gasteiger partial charge in [0, 0.05) is 29.4 Å². The summed E-state index contributed by atoms with van der Waals surface area (Å²) in [6, 6.07) is 8.54. The minimum Gasteiger partial charge on any atom is -0.495 e. The van der Waals surface area contributed by atoms with Gasteiger partial charge in [-0.2, -0.15) is 13.2 Å². The van der Waals surface area contributed by atoms with Crippen molar-refractivity contribution in [3.8, 4) is 28.4 Å². The van der Waals surface area contributed by atoms with E-state index in [1.807, 2.05) is 13.8 Å². The third-order valence-electron chi connectivity index (χ3n) is 5.97. The van der Waals surface area contributed by atoms with Crippen LogP contribution in [0.15, 0.2) is 55.0 Å². The third-order valence-corrected chi connectivity index (χ3v) is 5.97. The Morgan fingerprint density at radius 1 is 1.08 bits per heavy atom. The topological polar surface area (TPSA) is 103 Å². The van der Waals surface area contributed by atoms with Crippen LogP contribution in [0.5, 0.6) is 11.5 Å². The molecule has 2 N–H and O–H groups in total. The lowest BCUT2D eigenvalue weighted by Crippen LogP contribution is -2.18. The van der Waals surface area contributed by atoms with Crippen LogP contribution < -0.4 is 20.1 Å². The minimum absolute atomic E-state index is 0.0825. The Hall–Kier alpha value is -4.45. The maximum atomic E-state index is 13.6. The summed E-state index contributed by atoms with van der Waals surface area (Å²) in [7, 11) is 2.88. The Balaban J connectivity index is 1.66. The summed E-state index contributed by atoms with van der Waals surface area (Å²) in [5.74, 6) is 0.105. The Morgan fingerprint density at radius 2 is 1.87 bits per heavy atom. The van der Waals surface area contributed by atoms with Gasteiger partial charge in [0.25, 0.3) is 5.91 Å². The Labute approximate surface area is 223 Å². The van der Waals surface area contributed by atoms with Crippen molar-refractivity contribution in [1.29, 1.82) is 0 Å². The number of aryl methyl sites for hydroxylation is 1. The number of hydrogen-bond acceptors (Lipinski definition) is 7. The van der Waals surface area contributed by atoms with Crippen molar-refractivity contribution >= 4 is 11.6 Å². The molecule has 0 spiro atoms. The molecule has 204 valence electrons. The molecule has 39 heavy (non-hydrogen) atoms. The van der Waals surface area contributed by atoms with Crippen molar-refractivity contribution in [3.05, 3.63) is 77.2 Å². The zero-order valence-electron chi connectivity index (χ0n) is 21.8. The van der Waals surface area contributed by atoms with Crippen LogP contribution in [0.2, 0.25) is 0 Å². The third kappa shape index (κ3) is 6.17. The van der Waals surface area contributed by atoms with Gasteiger partial charge in [0.15, 0.2) is 0 Å². The van der Waals surface area contributed by atoms with E-state index in [4.69, 9.17) is 9.47 Å². The molecule has 0 saturated carbocycles. The molecule has 0 saturated heterocycles. The van der Waals surface area contributed by atoms with Crippen LogP contribution in [-0.4, -0.2) is 46.6 Å². The van der Waals surface area contributed by atoms with Gasteiger partial charge in [-0.05, 0) is 49.4 Å². The minimum atomic E-state index is -4.60. The number of hydrogen-bond donors (Lipinski definition) is 2. The molecule has 4 aromatic rings. The summed E-state index contributed by atoms with van der Waals surface area (Å²) in [5.41, 5.74) is 2.12. The molecule has 9 nitrogen and oxygen atoms in total. The van der Waals surface area contributed by atoms with Gasteiger partial charge in [0.2, 0.25) is 0 Å². The summed E-state index contributed by atoms with van der Waals surface area (Å²) < 4.78 is 53.0. The van der Waals surface area contributed by atoms with E-state index in [0.717, 1.165) is 17.7 Å². The number of carbonyl (C=O) groups is 1. The number of nitrogens with one attached hydrogen (secondary N) is 2. The summed E-state index contributed by atoms with van der Waals surface area (Å²) in [6.45, 7) is 4.36. The van der Waals surface area contributed by atoms with Crippen molar-refractivity contribution < 1.29 is 27.4 Å². The number of aromatic nitrogens is 4. The monoisotopic (exact) mass is 540 g/mol. The molecule has 0 aliphatic heterocycles. The molecule has 0 aliphatic carbocycles.